The van der Waals surface area contributed by atoms with Crippen LogP contribution in [0.1, 0.15) is 40.5 Å². The van der Waals surface area contributed by atoms with Gasteiger partial charge in [0.15, 0.2) is 0 Å². The standard InChI is InChI=1S/C12H19NO4/c1-7-8-5-12(6-8,9(14)15)13(7)10(16)17-11(2,3)4/h7-8H,5-6H2,1-4H3,(H,14,15). The van der Waals surface area contributed by atoms with Gasteiger partial charge < -0.3 is 9.84 Å². The summed E-state index contributed by atoms with van der Waals surface area (Å²) in [5, 5.41) is 9.30. The quantitative estimate of drug-likeness (QED) is 0.761. The SMILES string of the molecule is CC1C2CC(C(=O)O)(C2)N1C(=O)OC(C)(C)C. The largest absolute Gasteiger partial charge is 0.479 e. The van der Waals surface area contributed by atoms with Gasteiger partial charge in [-0.15, -0.1) is 0 Å². The van der Waals surface area contributed by atoms with E-state index in [1.54, 1.807) is 20.8 Å². The van der Waals surface area contributed by atoms with Crippen molar-refractivity contribution in [2.75, 3.05) is 0 Å². The van der Waals surface area contributed by atoms with Crippen molar-refractivity contribution in [3.05, 3.63) is 0 Å². The molecule has 3 aliphatic rings. The van der Waals surface area contributed by atoms with Gasteiger partial charge in [0, 0.05) is 6.04 Å². The Labute approximate surface area is 101 Å². The van der Waals surface area contributed by atoms with E-state index >= 15 is 0 Å². The van der Waals surface area contributed by atoms with Crippen molar-refractivity contribution in [3.63, 3.8) is 0 Å². The first-order valence-corrected chi connectivity index (χ1v) is 5.93. The lowest BCUT2D eigenvalue weighted by atomic mass is 9.72. The third-order valence-corrected chi connectivity index (χ3v) is 3.74. The maximum Gasteiger partial charge on any atom is 0.411 e. The number of carbonyl (C=O) groups excluding carboxylic acids is 1. The maximum atomic E-state index is 12.1. The fourth-order valence-electron chi connectivity index (χ4n) is 2.88. The molecule has 0 aromatic carbocycles. The monoisotopic (exact) mass is 241 g/mol. The van der Waals surface area contributed by atoms with Crippen LogP contribution in [-0.2, 0) is 9.53 Å². The van der Waals surface area contributed by atoms with Gasteiger partial charge in [0.2, 0.25) is 0 Å². The van der Waals surface area contributed by atoms with E-state index in [2.05, 4.69) is 0 Å². The summed E-state index contributed by atoms with van der Waals surface area (Å²) in [6.07, 6.45) is 0.610. The Bertz CT molecular complexity index is 365. The topological polar surface area (TPSA) is 66.8 Å². The Hall–Kier alpha value is -1.26. The Morgan fingerprint density at radius 1 is 1.35 bits per heavy atom. The second-order valence-electron chi connectivity index (χ2n) is 6.10. The summed E-state index contributed by atoms with van der Waals surface area (Å²) in [6.45, 7) is 7.24. The van der Waals surface area contributed by atoms with Crippen LogP contribution in [0, 0.1) is 5.92 Å². The molecule has 1 aliphatic carbocycles. The molecular weight excluding hydrogens is 222 g/mol. The van der Waals surface area contributed by atoms with Crippen LogP contribution in [-0.4, -0.2) is 39.3 Å². The van der Waals surface area contributed by atoms with E-state index in [-0.39, 0.29) is 6.04 Å². The van der Waals surface area contributed by atoms with Crippen molar-refractivity contribution in [1.82, 2.24) is 4.90 Å². The molecule has 0 aromatic heterocycles. The number of amides is 1. The summed E-state index contributed by atoms with van der Waals surface area (Å²) in [5.74, 6) is -0.609. The average molecular weight is 241 g/mol. The van der Waals surface area contributed by atoms with E-state index in [1.807, 2.05) is 6.92 Å². The summed E-state index contributed by atoms with van der Waals surface area (Å²) in [5.41, 5.74) is -1.60. The molecule has 1 unspecified atom stereocenters. The van der Waals surface area contributed by atoms with Crippen molar-refractivity contribution in [2.24, 2.45) is 5.92 Å². The van der Waals surface area contributed by atoms with E-state index in [0.29, 0.717) is 18.8 Å². The zero-order valence-corrected chi connectivity index (χ0v) is 10.7. The molecule has 1 N–H and O–H groups in total. The van der Waals surface area contributed by atoms with Crippen molar-refractivity contribution in [1.29, 1.82) is 0 Å². The number of ether oxygens (including phenoxy) is 1. The third kappa shape index (κ3) is 1.68. The minimum absolute atomic E-state index is 0.0408. The molecular formula is C12H19NO4. The minimum Gasteiger partial charge on any atom is -0.479 e. The smallest absolute Gasteiger partial charge is 0.411 e. The van der Waals surface area contributed by atoms with Gasteiger partial charge in [0.25, 0.3) is 0 Å². The first kappa shape index (κ1) is 12.2. The highest BCUT2D eigenvalue weighted by Gasteiger charge is 2.67. The van der Waals surface area contributed by atoms with Gasteiger partial charge in [0.1, 0.15) is 11.1 Å². The van der Waals surface area contributed by atoms with E-state index in [9.17, 15) is 14.7 Å². The summed E-state index contributed by atoms with van der Waals surface area (Å²) >= 11 is 0. The van der Waals surface area contributed by atoms with Gasteiger partial charge in [0.05, 0.1) is 0 Å². The Kier molecular flexibility index (Phi) is 2.42. The van der Waals surface area contributed by atoms with Crippen LogP contribution in [0.4, 0.5) is 4.79 Å². The molecule has 3 rings (SSSR count). The van der Waals surface area contributed by atoms with E-state index in [0.717, 1.165) is 0 Å². The van der Waals surface area contributed by atoms with Crippen molar-refractivity contribution >= 4 is 12.1 Å². The second-order valence-corrected chi connectivity index (χ2v) is 6.10. The molecule has 2 aliphatic heterocycles. The zero-order chi connectivity index (χ0) is 13.0. The second kappa shape index (κ2) is 3.37. The Morgan fingerprint density at radius 2 is 1.88 bits per heavy atom. The molecule has 96 valence electrons. The Balaban J connectivity index is 2.20. The van der Waals surface area contributed by atoms with E-state index < -0.39 is 23.2 Å². The number of aliphatic carboxylic acids is 1. The molecule has 0 aromatic rings. The predicted octanol–water partition coefficient (Wildman–Crippen LogP) is 1.86. The lowest BCUT2D eigenvalue weighted by Gasteiger charge is -2.38. The minimum atomic E-state index is -1.01. The van der Waals surface area contributed by atoms with Crippen LogP contribution in [0.3, 0.4) is 0 Å². The number of nitrogens with zero attached hydrogens (tertiary/aromatic N) is 1. The third-order valence-electron chi connectivity index (χ3n) is 3.74. The zero-order valence-electron chi connectivity index (χ0n) is 10.7. The van der Waals surface area contributed by atoms with Crippen LogP contribution in [0.5, 0.6) is 0 Å². The van der Waals surface area contributed by atoms with Gasteiger partial charge in [-0.05, 0) is 46.5 Å². The molecule has 5 nitrogen and oxygen atoms in total. The number of fused-ring (bicyclic) bond motifs is 1. The molecule has 2 heterocycles. The van der Waals surface area contributed by atoms with Crippen molar-refractivity contribution < 1.29 is 19.4 Å². The average Bonchev–Trinajstić information content (AvgIpc) is 2.47. The summed E-state index contributed by atoms with van der Waals surface area (Å²) in [7, 11) is 0. The summed E-state index contributed by atoms with van der Waals surface area (Å²) in [6, 6.07) is -0.0408. The number of carboxylic acids is 1. The van der Waals surface area contributed by atoms with Crippen LogP contribution >= 0.6 is 0 Å². The van der Waals surface area contributed by atoms with Crippen LogP contribution in [0.25, 0.3) is 0 Å². The van der Waals surface area contributed by atoms with Crippen LogP contribution < -0.4 is 0 Å². The number of rotatable bonds is 1. The van der Waals surface area contributed by atoms with Crippen molar-refractivity contribution in [3.8, 4) is 0 Å². The molecule has 0 radical (unpaired) electrons. The highest BCUT2D eigenvalue weighted by molar-refractivity contribution is 5.87. The lowest BCUT2D eigenvalue weighted by molar-refractivity contribution is -0.152. The molecule has 2 bridgehead atoms. The molecule has 1 amide bonds. The van der Waals surface area contributed by atoms with Gasteiger partial charge in [-0.2, -0.15) is 0 Å². The van der Waals surface area contributed by atoms with Crippen molar-refractivity contribution in [2.45, 2.75) is 57.7 Å². The fraction of sp³-hybridized carbons (Fsp3) is 0.833. The molecule has 2 saturated heterocycles. The number of carboxylic acid groups (broad SMARTS) is 1. The van der Waals surface area contributed by atoms with Gasteiger partial charge in [-0.25, -0.2) is 9.59 Å². The first-order chi connectivity index (χ1) is 7.67. The Morgan fingerprint density at radius 3 is 2.29 bits per heavy atom. The molecule has 3 fully saturated rings. The summed E-state index contributed by atoms with van der Waals surface area (Å²) < 4.78 is 5.29. The fourth-order valence-corrected chi connectivity index (χ4v) is 2.88. The summed E-state index contributed by atoms with van der Waals surface area (Å²) in [4.78, 5) is 24.8. The van der Waals surface area contributed by atoms with Crippen LogP contribution in [0.15, 0.2) is 0 Å². The number of carbonyl (C=O) groups is 2. The maximum absolute atomic E-state index is 12.1. The first-order valence-electron chi connectivity index (χ1n) is 5.93. The van der Waals surface area contributed by atoms with Gasteiger partial charge in [-0.1, -0.05) is 0 Å². The number of hydrogen-bond donors (Lipinski definition) is 1. The highest BCUT2D eigenvalue weighted by Crippen LogP contribution is 2.54. The van der Waals surface area contributed by atoms with Crippen LogP contribution in [0.2, 0.25) is 0 Å². The lowest BCUT2D eigenvalue weighted by Crippen LogP contribution is -2.56. The number of hydrogen-bond acceptors (Lipinski definition) is 3. The molecule has 1 saturated carbocycles. The molecule has 1 atom stereocenters. The van der Waals surface area contributed by atoms with E-state index in [1.165, 1.54) is 4.90 Å². The molecule has 0 spiro atoms. The predicted molar refractivity (Wildman–Crippen MR) is 60.6 cm³/mol. The van der Waals surface area contributed by atoms with E-state index in [4.69, 9.17) is 4.74 Å². The van der Waals surface area contributed by atoms with Gasteiger partial charge in [-0.3, -0.25) is 4.90 Å². The normalized spacial score (nSPS) is 35.4. The molecule has 5 heteroatoms. The molecule has 17 heavy (non-hydrogen) atoms. The highest BCUT2D eigenvalue weighted by atomic mass is 16.6. The van der Waals surface area contributed by atoms with Gasteiger partial charge >= 0.3 is 12.1 Å².